The summed E-state index contributed by atoms with van der Waals surface area (Å²) in [5.74, 6) is 0.0973. The first-order chi connectivity index (χ1) is 11.1. The number of benzene rings is 2. The van der Waals surface area contributed by atoms with E-state index in [0.717, 1.165) is 0 Å². The first kappa shape index (κ1) is 15.0. The average molecular weight is 328 g/mol. The molecule has 0 fully saturated rings. The maximum atomic E-state index is 12.5. The van der Waals surface area contributed by atoms with Crippen molar-refractivity contribution in [1.82, 2.24) is 9.78 Å². The van der Waals surface area contributed by atoms with Crippen LogP contribution >= 0.6 is 11.6 Å². The van der Waals surface area contributed by atoms with Crippen LogP contribution in [0.4, 0.5) is 5.69 Å². The second-order valence-electron chi connectivity index (χ2n) is 4.93. The Morgan fingerprint density at radius 2 is 2.00 bits per heavy atom. The lowest BCUT2D eigenvalue weighted by Gasteiger charge is -2.02. The van der Waals surface area contributed by atoms with Crippen molar-refractivity contribution in [3.05, 3.63) is 74.5 Å². The van der Waals surface area contributed by atoms with Crippen molar-refractivity contribution in [1.29, 1.82) is 0 Å². The minimum atomic E-state index is -0.264. The maximum Gasteiger partial charge on any atom is 0.280 e. The van der Waals surface area contributed by atoms with Crippen LogP contribution in [0.1, 0.15) is 0 Å². The van der Waals surface area contributed by atoms with Gasteiger partial charge in [0.15, 0.2) is 0 Å². The molecule has 0 saturated heterocycles. The van der Waals surface area contributed by atoms with Gasteiger partial charge in [-0.15, -0.1) is 0 Å². The van der Waals surface area contributed by atoms with Gasteiger partial charge in [0.25, 0.3) is 5.56 Å². The Balaban J connectivity index is 2.05. The minimum Gasteiger partial charge on any atom is -0.506 e. The predicted molar refractivity (Wildman–Crippen MR) is 92.4 cm³/mol. The number of H-pyrrole nitrogens is 1. The topological polar surface area (TPSA) is 70.0 Å². The summed E-state index contributed by atoms with van der Waals surface area (Å²) < 4.78 is 1.37. The summed E-state index contributed by atoms with van der Waals surface area (Å²) in [4.78, 5) is 12.5. The Bertz CT molecular complexity index is 1020. The summed E-state index contributed by atoms with van der Waals surface area (Å²) in [6, 6.07) is 13.7. The fourth-order valence-corrected chi connectivity index (χ4v) is 2.37. The molecule has 23 heavy (non-hydrogen) atoms. The molecule has 6 heteroatoms. The number of halogens is 1. The normalized spacial score (nSPS) is 11.6. The quantitative estimate of drug-likeness (QED) is 0.642. The second kappa shape index (κ2) is 6.06. The summed E-state index contributed by atoms with van der Waals surface area (Å²) in [5, 5.41) is 16.9. The molecule has 0 bridgehead atoms. The Hall–Kier alpha value is -2.92. The minimum absolute atomic E-state index is 0.0973. The second-order valence-corrected chi connectivity index (χ2v) is 5.37. The Labute approximate surface area is 136 Å². The Kier molecular flexibility index (Phi) is 3.95. The van der Waals surface area contributed by atoms with Crippen molar-refractivity contribution in [3.8, 4) is 11.4 Å². The molecule has 0 spiro atoms. The van der Waals surface area contributed by atoms with E-state index in [-0.39, 0.29) is 11.3 Å². The number of aromatic hydroxyl groups is 1. The van der Waals surface area contributed by atoms with Gasteiger partial charge in [-0.2, -0.15) is 0 Å². The molecule has 0 saturated carbocycles. The number of para-hydroxylation sites is 2. The van der Waals surface area contributed by atoms with Gasteiger partial charge >= 0.3 is 0 Å². The van der Waals surface area contributed by atoms with Gasteiger partial charge < -0.3 is 10.4 Å². The van der Waals surface area contributed by atoms with Gasteiger partial charge in [-0.3, -0.25) is 9.89 Å². The molecule has 0 unspecified atom stereocenters. The van der Waals surface area contributed by atoms with Gasteiger partial charge in [-0.25, -0.2) is 4.68 Å². The van der Waals surface area contributed by atoms with E-state index >= 15 is 0 Å². The van der Waals surface area contributed by atoms with Crippen LogP contribution in [0.3, 0.4) is 0 Å². The first-order valence-corrected chi connectivity index (χ1v) is 7.25. The molecule has 5 nitrogen and oxygen atoms in total. The molecule has 2 aromatic carbocycles. The van der Waals surface area contributed by atoms with Crippen LogP contribution in [-0.2, 0) is 0 Å². The third-order valence-corrected chi connectivity index (χ3v) is 3.58. The molecule has 1 heterocycles. The van der Waals surface area contributed by atoms with Gasteiger partial charge in [0.1, 0.15) is 5.75 Å². The smallest absolute Gasteiger partial charge is 0.280 e. The van der Waals surface area contributed by atoms with E-state index < -0.39 is 0 Å². The molecular formula is C17H14ClN3O2. The van der Waals surface area contributed by atoms with Crippen molar-refractivity contribution in [2.45, 2.75) is 0 Å². The van der Waals surface area contributed by atoms with Crippen molar-refractivity contribution in [3.63, 3.8) is 0 Å². The highest BCUT2D eigenvalue weighted by atomic mass is 35.5. The van der Waals surface area contributed by atoms with Crippen LogP contribution in [0, 0.1) is 0 Å². The number of nitrogens with one attached hydrogen (secondary N) is 2. The fraction of sp³-hybridized carbons (Fsp3) is 0. The van der Waals surface area contributed by atoms with Crippen molar-refractivity contribution < 1.29 is 5.11 Å². The van der Waals surface area contributed by atoms with E-state index in [0.29, 0.717) is 27.0 Å². The van der Waals surface area contributed by atoms with E-state index in [1.54, 1.807) is 48.5 Å². The number of anilines is 1. The van der Waals surface area contributed by atoms with E-state index in [1.165, 1.54) is 10.9 Å². The van der Waals surface area contributed by atoms with Crippen LogP contribution in [0.2, 0.25) is 5.02 Å². The van der Waals surface area contributed by atoms with Gasteiger partial charge in [-0.1, -0.05) is 36.4 Å². The molecule has 1 aromatic heterocycles. The molecule has 0 aliphatic rings. The monoisotopic (exact) mass is 327 g/mol. The molecular weight excluding hydrogens is 314 g/mol. The average Bonchev–Trinajstić information content (AvgIpc) is 2.81. The highest BCUT2D eigenvalue weighted by molar-refractivity contribution is 6.30. The van der Waals surface area contributed by atoms with Crippen molar-refractivity contribution >= 4 is 30.1 Å². The molecule has 116 valence electrons. The summed E-state index contributed by atoms with van der Waals surface area (Å²) in [5.41, 5.74) is 0.858. The SMILES string of the molecule is C=c1[nH]n(-c2cccc(Cl)c2)c(=O)c1=CNc1ccccc1O. The number of hydrogen-bond donors (Lipinski definition) is 3. The zero-order valence-corrected chi connectivity index (χ0v) is 12.8. The van der Waals surface area contributed by atoms with Gasteiger partial charge in [0.2, 0.25) is 0 Å². The summed E-state index contributed by atoms with van der Waals surface area (Å²) in [6.45, 7) is 3.84. The zero-order chi connectivity index (χ0) is 16.4. The lowest BCUT2D eigenvalue weighted by Crippen LogP contribution is -2.34. The van der Waals surface area contributed by atoms with Crippen LogP contribution in [0.25, 0.3) is 18.5 Å². The largest absolute Gasteiger partial charge is 0.506 e. The number of aromatic amines is 1. The molecule has 3 rings (SSSR count). The third kappa shape index (κ3) is 3.00. The zero-order valence-electron chi connectivity index (χ0n) is 12.1. The van der Waals surface area contributed by atoms with Gasteiger partial charge in [0.05, 0.1) is 21.9 Å². The highest BCUT2D eigenvalue weighted by Gasteiger charge is 2.05. The molecule has 0 amide bonds. The highest BCUT2D eigenvalue weighted by Crippen LogP contribution is 2.21. The fourth-order valence-electron chi connectivity index (χ4n) is 2.19. The van der Waals surface area contributed by atoms with E-state index in [4.69, 9.17) is 11.6 Å². The summed E-state index contributed by atoms with van der Waals surface area (Å²) >= 11 is 5.96. The number of aromatic nitrogens is 2. The molecule has 0 radical (unpaired) electrons. The standard InChI is InChI=1S/C17H14ClN3O2/c1-11-14(10-19-15-7-2-3-8-16(15)22)17(23)21(20-11)13-6-4-5-12(18)9-13/h2-10,19-20,22H,1H2. The Morgan fingerprint density at radius 1 is 1.22 bits per heavy atom. The summed E-state index contributed by atoms with van der Waals surface area (Å²) in [7, 11) is 0. The van der Waals surface area contributed by atoms with Crippen LogP contribution in [-0.4, -0.2) is 14.9 Å². The number of phenols is 1. The van der Waals surface area contributed by atoms with E-state index in [1.807, 2.05) is 0 Å². The lowest BCUT2D eigenvalue weighted by molar-refractivity contribution is 0.478. The Morgan fingerprint density at radius 3 is 2.74 bits per heavy atom. The van der Waals surface area contributed by atoms with E-state index in [9.17, 15) is 9.90 Å². The number of hydrogen-bond acceptors (Lipinski definition) is 3. The number of nitrogens with zero attached hydrogens (tertiary/aromatic N) is 1. The predicted octanol–water partition coefficient (Wildman–Crippen LogP) is 1.78. The molecule has 3 aromatic rings. The van der Waals surface area contributed by atoms with Crippen LogP contribution in [0.15, 0.2) is 53.3 Å². The molecule has 0 atom stereocenters. The molecule has 0 aliphatic heterocycles. The van der Waals surface area contributed by atoms with Crippen LogP contribution < -0.4 is 21.4 Å². The summed E-state index contributed by atoms with van der Waals surface area (Å²) in [6.07, 6.45) is 1.51. The van der Waals surface area contributed by atoms with Gasteiger partial charge in [-0.05, 0) is 30.3 Å². The van der Waals surface area contributed by atoms with Crippen LogP contribution in [0.5, 0.6) is 5.75 Å². The first-order valence-electron chi connectivity index (χ1n) is 6.87. The maximum absolute atomic E-state index is 12.5. The van der Waals surface area contributed by atoms with E-state index in [2.05, 4.69) is 17.0 Å². The molecule has 0 aliphatic carbocycles. The third-order valence-electron chi connectivity index (χ3n) is 3.35. The number of phenolic OH excluding ortho intramolecular Hbond substituents is 1. The number of rotatable bonds is 3. The lowest BCUT2D eigenvalue weighted by atomic mass is 10.3. The van der Waals surface area contributed by atoms with Crippen molar-refractivity contribution in [2.24, 2.45) is 0 Å². The molecule has 3 N–H and O–H groups in total. The van der Waals surface area contributed by atoms with Crippen molar-refractivity contribution in [2.75, 3.05) is 5.32 Å². The van der Waals surface area contributed by atoms with Gasteiger partial charge in [0, 0.05) is 11.2 Å².